The van der Waals surface area contributed by atoms with Gasteiger partial charge in [0.15, 0.2) is 0 Å². The molecule has 0 aliphatic carbocycles. The van der Waals surface area contributed by atoms with Crippen molar-refractivity contribution in [3.05, 3.63) is 0 Å². The summed E-state index contributed by atoms with van der Waals surface area (Å²) in [6, 6.07) is 0. The highest BCUT2D eigenvalue weighted by molar-refractivity contribution is 5.72. The minimum Gasteiger partial charge on any atom is -0.350 e. The zero-order valence-corrected chi connectivity index (χ0v) is 6.01. The Hall–Kier alpha value is -0.880. The van der Waals surface area contributed by atoms with E-state index in [9.17, 15) is 26.7 Å². The molecular weight excluding hydrogens is 185 g/mol. The van der Waals surface area contributed by atoms with Crippen molar-refractivity contribution in [2.45, 2.75) is 19.0 Å². The molecule has 0 aliphatic rings. The van der Waals surface area contributed by atoms with Gasteiger partial charge in [0.25, 0.3) is 0 Å². The number of carbonyl (C=O) groups is 1. The fourth-order valence-corrected chi connectivity index (χ4v) is 0.336. The van der Waals surface area contributed by atoms with E-state index in [1.165, 1.54) is 5.32 Å². The number of nitrogens with one attached hydrogen (secondary N) is 1. The molecule has 0 rings (SSSR count). The summed E-state index contributed by atoms with van der Waals surface area (Å²) in [5.74, 6) is -5.79. The number of hydrogen-bond acceptors (Lipinski definition) is 1. The van der Waals surface area contributed by atoms with Crippen LogP contribution in [0.4, 0.5) is 22.0 Å². The molecule has 0 bridgehead atoms. The second-order valence-electron chi connectivity index (χ2n) is 2.11. The zero-order chi connectivity index (χ0) is 9.99. The zero-order valence-electron chi connectivity index (χ0n) is 6.01. The van der Waals surface area contributed by atoms with Gasteiger partial charge in [-0.25, -0.2) is 0 Å². The summed E-state index contributed by atoms with van der Waals surface area (Å²) in [5, 5.41) is 1.38. The number of halogens is 5. The maximum atomic E-state index is 12.0. The first-order valence-corrected chi connectivity index (χ1v) is 2.86. The Morgan fingerprint density at radius 3 is 1.92 bits per heavy atom. The SMILES string of the molecule is CC(=O)NCC(F)(F)C(F)(F)F. The number of carbonyl (C=O) groups excluding carboxylic acids is 1. The van der Waals surface area contributed by atoms with E-state index in [2.05, 4.69) is 0 Å². The molecule has 0 aromatic heterocycles. The van der Waals surface area contributed by atoms with Gasteiger partial charge in [0.1, 0.15) is 0 Å². The van der Waals surface area contributed by atoms with Crippen LogP contribution in [0, 0.1) is 0 Å². The molecule has 1 N–H and O–H groups in total. The van der Waals surface area contributed by atoms with Crippen LogP contribution in [0.3, 0.4) is 0 Å². The van der Waals surface area contributed by atoms with Crippen LogP contribution in [0.25, 0.3) is 0 Å². The molecule has 0 aromatic carbocycles. The minimum atomic E-state index is -5.62. The summed E-state index contributed by atoms with van der Waals surface area (Å²) in [5.41, 5.74) is 0. The van der Waals surface area contributed by atoms with Gasteiger partial charge in [-0.1, -0.05) is 0 Å². The molecule has 0 aliphatic heterocycles. The lowest BCUT2D eigenvalue weighted by Crippen LogP contribution is -2.46. The first-order chi connectivity index (χ1) is 5.17. The predicted molar refractivity (Wildman–Crippen MR) is 29.7 cm³/mol. The highest BCUT2D eigenvalue weighted by Crippen LogP contribution is 2.34. The first-order valence-electron chi connectivity index (χ1n) is 2.86. The fraction of sp³-hybridized carbons (Fsp3) is 0.800. The van der Waals surface area contributed by atoms with E-state index in [1.54, 1.807) is 0 Å². The monoisotopic (exact) mass is 191 g/mol. The summed E-state index contributed by atoms with van der Waals surface area (Å²) >= 11 is 0. The van der Waals surface area contributed by atoms with E-state index in [1.807, 2.05) is 0 Å². The normalized spacial score (nSPS) is 12.8. The largest absolute Gasteiger partial charge is 0.455 e. The second-order valence-corrected chi connectivity index (χ2v) is 2.11. The van der Waals surface area contributed by atoms with Crippen molar-refractivity contribution in [1.29, 1.82) is 0 Å². The molecule has 7 heteroatoms. The number of alkyl halides is 5. The van der Waals surface area contributed by atoms with E-state index < -0.39 is 24.6 Å². The quantitative estimate of drug-likeness (QED) is 0.655. The van der Waals surface area contributed by atoms with Crippen molar-refractivity contribution >= 4 is 5.91 Å². The summed E-state index contributed by atoms with van der Waals surface area (Å²) in [4.78, 5) is 10.0. The smallest absolute Gasteiger partial charge is 0.350 e. The number of amides is 1. The topological polar surface area (TPSA) is 29.1 Å². The van der Waals surface area contributed by atoms with Crippen LogP contribution in [0.15, 0.2) is 0 Å². The second kappa shape index (κ2) is 3.24. The summed E-state index contributed by atoms with van der Waals surface area (Å²) in [6.45, 7) is -0.863. The number of rotatable bonds is 2. The van der Waals surface area contributed by atoms with Crippen molar-refractivity contribution in [2.24, 2.45) is 0 Å². The maximum absolute atomic E-state index is 12.0. The molecule has 0 saturated heterocycles. The lowest BCUT2D eigenvalue weighted by molar-refractivity contribution is -0.278. The summed E-state index contributed by atoms with van der Waals surface area (Å²) < 4.78 is 58.1. The molecule has 0 unspecified atom stereocenters. The van der Waals surface area contributed by atoms with Crippen LogP contribution in [0.2, 0.25) is 0 Å². The van der Waals surface area contributed by atoms with E-state index in [-0.39, 0.29) is 0 Å². The van der Waals surface area contributed by atoms with Gasteiger partial charge in [0, 0.05) is 6.92 Å². The molecule has 1 amide bonds. The van der Waals surface area contributed by atoms with Gasteiger partial charge >= 0.3 is 12.1 Å². The van der Waals surface area contributed by atoms with E-state index in [4.69, 9.17) is 0 Å². The van der Waals surface area contributed by atoms with E-state index >= 15 is 0 Å². The van der Waals surface area contributed by atoms with Crippen molar-refractivity contribution in [3.63, 3.8) is 0 Å². The van der Waals surface area contributed by atoms with Gasteiger partial charge in [-0.3, -0.25) is 4.79 Å². The molecule has 0 aromatic rings. The van der Waals surface area contributed by atoms with Crippen LogP contribution in [-0.4, -0.2) is 24.6 Å². The van der Waals surface area contributed by atoms with Crippen LogP contribution < -0.4 is 5.32 Å². The third kappa shape index (κ3) is 3.02. The Labute approximate surface area is 64.7 Å². The molecule has 0 saturated carbocycles. The fourth-order valence-electron chi connectivity index (χ4n) is 0.336. The lowest BCUT2D eigenvalue weighted by Gasteiger charge is -2.19. The van der Waals surface area contributed by atoms with E-state index in [0.29, 0.717) is 0 Å². The van der Waals surface area contributed by atoms with Crippen LogP contribution >= 0.6 is 0 Å². The average molecular weight is 191 g/mol. The minimum absolute atomic E-state index is 0.854. The predicted octanol–water partition coefficient (Wildman–Crippen LogP) is 1.32. The Morgan fingerprint density at radius 2 is 1.67 bits per heavy atom. The Balaban J connectivity index is 4.14. The van der Waals surface area contributed by atoms with Crippen molar-refractivity contribution in [2.75, 3.05) is 6.54 Å². The third-order valence-corrected chi connectivity index (χ3v) is 0.974. The Kier molecular flexibility index (Phi) is 3.00. The van der Waals surface area contributed by atoms with Gasteiger partial charge in [-0.2, -0.15) is 22.0 Å². The Bertz CT molecular complexity index is 175. The van der Waals surface area contributed by atoms with Crippen LogP contribution in [0.1, 0.15) is 6.92 Å². The lowest BCUT2D eigenvalue weighted by atomic mass is 10.3. The molecule has 0 fully saturated rings. The first kappa shape index (κ1) is 11.1. The molecule has 72 valence electrons. The highest BCUT2D eigenvalue weighted by Gasteiger charge is 2.57. The van der Waals surface area contributed by atoms with Gasteiger partial charge in [0.2, 0.25) is 5.91 Å². The van der Waals surface area contributed by atoms with Crippen LogP contribution in [-0.2, 0) is 4.79 Å². The molecule has 0 atom stereocenters. The molecule has 0 radical (unpaired) electrons. The Morgan fingerprint density at radius 1 is 1.25 bits per heavy atom. The number of hydrogen-bond donors (Lipinski definition) is 1. The van der Waals surface area contributed by atoms with Gasteiger partial charge < -0.3 is 5.32 Å². The van der Waals surface area contributed by atoms with E-state index in [0.717, 1.165) is 6.92 Å². The van der Waals surface area contributed by atoms with Crippen molar-refractivity contribution in [1.82, 2.24) is 5.32 Å². The molecule has 2 nitrogen and oxygen atoms in total. The third-order valence-electron chi connectivity index (χ3n) is 0.974. The highest BCUT2D eigenvalue weighted by atomic mass is 19.4. The van der Waals surface area contributed by atoms with Gasteiger partial charge in [-0.15, -0.1) is 0 Å². The molecule has 12 heavy (non-hydrogen) atoms. The molecule has 0 spiro atoms. The summed E-state index contributed by atoms with van der Waals surface area (Å²) in [7, 11) is 0. The maximum Gasteiger partial charge on any atom is 0.455 e. The standard InChI is InChI=1S/C5H6F5NO/c1-3(12)11-2-4(6,7)5(8,9)10/h2H2,1H3,(H,11,12). The molecule has 0 heterocycles. The van der Waals surface area contributed by atoms with Gasteiger partial charge in [-0.05, 0) is 0 Å². The van der Waals surface area contributed by atoms with Crippen molar-refractivity contribution < 1.29 is 26.7 Å². The molecular formula is C5H6F5NO. The average Bonchev–Trinajstić information content (AvgIpc) is 1.81. The summed E-state index contributed by atoms with van der Waals surface area (Å²) in [6.07, 6.45) is -5.62. The van der Waals surface area contributed by atoms with Crippen LogP contribution in [0.5, 0.6) is 0 Å². The van der Waals surface area contributed by atoms with Crippen molar-refractivity contribution in [3.8, 4) is 0 Å². The van der Waals surface area contributed by atoms with Gasteiger partial charge in [0.05, 0.1) is 6.54 Å².